The zero-order chi connectivity index (χ0) is 9.68. The lowest BCUT2D eigenvalue weighted by molar-refractivity contribution is -0.108. The second-order valence-electron chi connectivity index (χ2n) is 4.38. The first-order valence-corrected chi connectivity index (χ1v) is 5.32. The van der Waals surface area contributed by atoms with Gasteiger partial charge in [0.2, 0.25) is 0 Å². The molecule has 2 nitrogen and oxygen atoms in total. The van der Waals surface area contributed by atoms with Gasteiger partial charge >= 0.3 is 0 Å². The van der Waals surface area contributed by atoms with Crippen molar-refractivity contribution in [2.24, 2.45) is 17.8 Å². The number of rotatable bonds is 7. The summed E-state index contributed by atoms with van der Waals surface area (Å²) in [6, 6.07) is 0. The summed E-state index contributed by atoms with van der Waals surface area (Å²) >= 11 is 0. The predicted octanol–water partition coefficient (Wildman–Crippen LogP) is 2.01. The summed E-state index contributed by atoms with van der Waals surface area (Å²) in [5.74, 6) is 1.96. The van der Waals surface area contributed by atoms with E-state index in [4.69, 9.17) is 5.11 Å². The molecule has 0 radical (unpaired) electrons. The first-order valence-electron chi connectivity index (χ1n) is 5.32. The third-order valence-electron chi connectivity index (χ3n) is 3.05. The highest BCUT2D eigenvalue weighted by molar-refractivity contribution is 5.50. The van der Waals surface area contributed by atoms with Crippen LogP contribution in [0.3, 0.4) is 0 Å². The van der Waals surface area contributed by atoms with Gasteiger partial charge in [-0.3, -0.25) is 0 Å². The highest BCUT2D eigenvalue weighted by Gasteiger charge is 2.35. The van der Waals surface area contributed by atoms with Crippen molar-refractivity contribution in [2.75, 3.05) is 6.61 Å². The lowest BCUT2D eigenvalue weighted by Gasteiger charge is -2.06. The maximum atomic E-state index is 10.2. The number of carbonyl (C=O) groups is 1. The molecule has 0 aromatic carbocycles. The minimum Gasteiger partial charge on any atom is -0.396 e. The van der Waals surface area contributed by atoms with Crippen molar-refractivity contribution < 1.29 is 9.90 Å². The molecule has 0 aromatic heterocycles. The van der Waals surface area contributed by atoms with E-state index in [1.165, 1.54) is 19.3 Å². The standard InChI is InChI=1S/C11H20O2/c1-9(8-13)3-2-4-10-7-11(10)5-6-12/h6,9-11,13H,2-5,7-8H2,1H3/t9-,10-,11+/m0/s1. The van der Waals surface area contributed by atoms with Crippen LogP contribution in [0.2, 0.25) is 0 Å². The Morgan fingerprint density at radius 3 is 2.92 bits per heavy atom. The molecule has 1 rings (SSSR count). The van der Waals surface area contributed by atoms with Crippen molar-refractivity contribution in [1.29, 1.82) is 0 Å². The van der Waals surface area contributed by atoms with Crippen LogP contribution in [0.15, 0.2) is 0 Å². The molecule has 13 heavy (non-hydrogen) atoms. The molecule has 0 bridgehead atoms. The van der Waals surface area contributed by atoms with Crippen LogP contribution in [0.4, 0.5) is 0 Å². The number of aliphatic hydroxyl groups excluding tert-OH is 1. The molecule has 0 aromatic rings. The van der Waals surface area contributed by atoms with Crippen molar-refractivity contribution in [2.45, 2.75) is 39.0 Å². The van der Waals surface area contributed by atoms with Crippen LogP contribution in [-0.2, 0) is 4.79 Å². The molecule has 1 aliphatic carbocycles. The Bertz CT molecular complexity index is 156. The van der Waals surface area contributed by atoms with E-state index in [0.717, 1.165) is 25.0 Å². The van der Waals surface area contributed by atoms with Crippen LogP contribution in [0, 0.1) is 17.8 Å². The first kappa shape index (κ1) is 10.7. The third kappa shape index (κ3) is 3.90. The van der Waals surface area contributed by atoms with E-state index in [1.54, 1.807) is 0 Å². The largest absolute Gasteiger partial charge is 0.396 e. The number of aliphatic hydroxyl groups is 1. The Balaban J connectivity index is 1.93. The number of hydrogen-bond donors (Lipinski definition) is 1. The minimum atomic E-state index is 0.308. The summed E-state index contributed by atoms with van der Waals surface area (Å²) in [7, 11) is 0. The Morgan fingerprint density at radius 2 is 2.31 bits per heavy atom. The first-order chi connectivity index (χ1) is 6.27. The SMILES string of the molecule is C[C@H](CO)CCC[C@H]1C[C@H]1CC=O. The second kappa shape index (κ2) is 5.38. The van der Waals surface area contributed by atoms with Crippen molar-refractivity contribution in [3.05, 3.63) is 0 Å². The van der Waals surface area contributed by atoms with E-state index < -0.39 is 0 Å². The highest BCUT2D eigenvalue weighted by Crippen LogP contribution is 2.44. The Morgan fingerprint density at radius 1 is 1.54 bits per heavy atom. The summed E-state index contributed by atoms with van der Waals surface area (Å²) in [6.45, 7) is 2.39. The average molecular weight is 184 g/mol. The monoisotopic (exact) mass is 184 g/mol. The molecular weight excluding hydrogens is 164 g/mol. The summed E-state index contributed by atoms with van der Waals surface area (Å²) in [4.78, 5) is 10.2. The zero-order valence-electron chi connectivity index (χ0n) is 8.41. The third-order valence-corrected chi connectivity index (χ3v) is 3.05. The van der Waals surface area contributed by atoms with Gasteiger partial charge in [0, 0.05) is 13.0 Å². The van der Waals surface area contributed by atoms with E-state index in [-0.39, 0.29) is 0 Å². The lowest BCUT2D eigenvalue weighted by Crippen LogP contribution is -2.00. The van der Waals surface area contributed by atoms with Crippen molar-refractivity contribution in [3.8, 4) is 0 Å². The Kier molecular flexibility index (Phi) is 4.43. The van der Waals surface area contributed by atoms with Crippen LogP contribution >= 0.6 is 0 Å². The van der Waals surface area contributed by atoms with E-state index >= 15 is 0 Å². The van der Waals surface area contributed by atoms with Crippen LogP contribution in [0.1, 0.15) is 39.0 Å². The molecule has 1 N–H and O–H groups in total. The normalized spacial score (nSPS) is 28.5. The lowest BCUT2D eigenvalue weighted by atomic mass is 10.0. The molecule has 3 atom stereocenters. The smallest absolute Gasteiger partial charge is 0.120 e. The fraction of sp³-hybridized carbons (Fsp3) is 0.909. The molecule has 1 saturated carbocycles. The summed E-state index contributed by atoms with van der Waals surface area (Å²) < 4.78 is 0. The fourth-order valence-electron chi connectivity index (χ4n) is 1.90. The summed E-state index contributed by atoms with van der Waals surface area (Å²) in [5.41, 5.74) is 0. The number of carbonyl (C=O) groups excluding carboxylic acids is 1. The molecule has 0 saturated heterocycles. The highest BCUT2D eigenvalue weighted by atomic mass is 16.3. The van der Waals surface area contributed by atoms with Crippen LogP contribution < -0.4 is 0 Å². The molecule has 1 fully saturated rings. The number of hydrogen-bond acceptors (Lipinski definition) is 2. The zero-order valence-corrected chi connectivity index (χ0v) is 8.41. The minimum absolute atomic E-state index is 0.308. The quantitative estimate of drug-likeness (QED) is 0.614. The van der Waals surface area contributed by atoms with E-state index in [0.29, 0.717) is 18.4 Å². The van der Waals surface area contributed by atoms with Gasteiger partial charge < -0.3 is 9.90 Å². The molecule has 0 heterocycles. The summed E-state index contributed by atoms with van der Waals surface area (Å²) in [6.07, 6.45) is 6.65. The van der Waals surface area contributed by atoms with Crippen molar-refractivity contribution in [3.63, 3.8) is 0 Å². The fourth-order valence-corrected chi connectivity index (χ4v) is 1.90. The van der Waals surface area contributed by atoms with Crippen LogP contribution in [0.5, 0.6) is 0 Å². The van der Waals surface area contributed by atoms with Gasteiger partial charge in [-0.05, 0) is 30.6 Å². The Hall–Kier alpha value is -0.370. The molecule has 76 valence electrons. The van der Waals surface area contributed by atoms with Crippen LogP contribution in [-0.4, -0.2) is 18.0 Å². The van der Waals surface area contributed by atoms with Gasteiger partial charge in [-0.1, -0.05) is 19.8 Å². The van der Waals surface area contributed by atoms with E-state index in [9.17, 15) is 4.79 Å². The molecule has 1 aliphatic rings. The topological polar surface area (TPSA) is 37.3 Å². The van der Waals surface area contributed by atoms with Crippen molar-refractivity contribution >= 4 is 6.29 Å². The molecular formula is C11H20O2. The maximum absolute atomic E-state index is 10.2. The second-order valence-corrected chi connectivity index (χ2v) is 4.38. The number of aldehydes is 1. The average Bonchev–Trinajstić information content (AvgIpc) is 2.84. The van der Waals surface area contributed by atoms with Gasteiger partial charge in [-0.25, -0.2) is 0 Å². The van der Waals surface area contributed by atoms with E-state index in [2.05, 4.69) is 6.92 Å². The maximum Gasteiger partial charge on any atom is 0.120 e. The van der Waals surface area contributed by atoms with Gasteiger partial charge in [0.05, 0.1) is 0 Å². The van der Waals surface area contributed by atoms with Gasteiger partial charge in [0.15, 0.2) is 0 Å². The summed E-state index contributed by atoms with van der Waals surface area (Å²) in [5, 5.41) is 8.81. The molecule has 2 heteroatoms. The van der Waals surface area contributed by atoms with Gasteiger partial charge in [-0.15, -0.1) is 0 Å². The van der Waals surface area contributed by atoms with Crippen LogP contribution in [0.25, 0.3) is 0 Å². The molecule has 0 aliphatic heterocycles. The Labute approximate surface area is 80.3 Å². The van der Waals surface area contributed by atoms with Gasteiger partial charge in [0.25, 0.3) is 0 Å². The molecule has 0 spiro atoms. The van der Waals surface area contributed by atoms with Gasteiger partial charge in [0.1, 0.15) is 6.29 Å². The van der Waals surface area contributed by atoms with Gasteiger partial charge in [-0.2, -0.15) is 0 Å². The predicted molar refractivity (Wildman–Crippen MR) is 52.4 cm³/mol. The molecule has 0 unspecified atom stereocenters. The molecule has 0 amide bonds. The van der Waals surface area contributed by atoms with E-state index in [1.807, 2.05) is 0 Å². The van der Waals surface area contributed by atoms with Crippen molar-refractivity contribution in [1.82, 2.24) is 0 Å².